The Morgan fingerprint density at radius 2 is 1.75 bits per heavy atom. The molecule has 5 nitrogen and oxygen atoms in total. The van der Waals surface area contributed by atoms with Crippen LogP contribution in [-0.2, 0) is 4.79 Å². The van der Waals surface area contributed by atoms with E-state index < -0.39 is 0 Å². The molecule has 1 fully saturated rings. The number of para-hydroxylation sites is 2. The Hall–Kier alpha value is -2.95. The molecule has 1 aliphatic carbocycles. The van der Waals surface area contributed by atoms with Gasteiger partial charge in [0.15, 0.2) is 0 Å². The van der Waals surface area contributed by atoms with Crippen molar-refractivity contribution in [3.63, 3.8) is 0 Å². The average Bonchev–Trinajstić information content (AvgIpc) is 3.37. The van der Waals surface area contributed by atoms with Crippen LogP contribution in [0.2, 0.25) is 0 Å². The summed E-state index contributed by atoms with van der Waals surface area (Å²) in [5.74, 6) is 0.980. The van der Waals surface area contributed by atoms with Crippen molar-refractivity contribution in [2.75, 3.05) is 6.54 Å². The standard InChI is InChI=1S/C27H33N3O2/c1-3-5-19-29(26(31)20-13-9-10-14-20)24(4-2)25-28-23-18-12-11-17-22(23)27(32)30(25)21-15-7-6-8-16-21/h6-8,11-12,15-18,20,24H,3-5,9-10,13-14,19H2,1-2H3. The van der Waals surface area contributed by atoms with E-state index in [0.29, 0.717) is 29.7 Å². The Labute approximate surface area is 190 Å². The van der Waals surface area contributed by atoms with Crippen LogP contribution in [0.5, 0.6) is 0 Å². The lowest BCUT2D eigenvalue weighted by molar-refractivity contribution is -0.138. The highest BCUT2D eigenvalue weighted by atomic mass is 16.2. The Morgan fingerprint density at radius 3 is 2.44 bits per heavy atom. The van der Waals surface area contributed by atoms with E-state index in [9.17, 15) is 9.59 Å². The molecule has 0 radical (unpaired) electrons. The number of unbranched alkanes of at least 4 members (excludes halogenated alkanes) is 1. The summed E-state index contributed by atoms with van der Waals surface area (Å²) in [6.07, 6.45) is 6.85. The van der Waals surface area contributed by atoms with Gasteiger partial charge < -0.3 is 4.90 Å². The van der Waals surface area contributed by atoms with Crippen molar-refractivity contribution in [1.29, 1.82) is 0 Å². The topological polar surface area (TPSA) is 55.2 Å². The van der Waals surface area contributed by atoms with Gasteiger partial charge in [0.1, 0.15) is 5.82 Å². The van der Waals surface area contributed by atoms with Crippen LogP contribution < -0.4 is 5.56 Å². The minimum atomic E-state index is -0.243. The van der Waals surface area contributed by atoms with E-state index in [2.05, 4.69) is 13.8 Å². The maximum Gasteiger partial charge on any atom is 0.266 e. The van der Waals surface area contributed by atoms with Crippen LogP contribution in [0, 0.1) is 5.92 Å². The monoisotopic (exact) mass is 431 g/mol. The van der Waals surface area contributed by atoms with Crippen molar-refractivity contribution in [2.24, 2.45) is 5.92 Å². The Bertz CT molecular complexity index is 1120. The summed E-state index contributed by atoms with van der Waals surface area (Å²) in [6.45, 7) is 4.93. The number of hydrogen-bond donors (Lipinski definition) is 0. The summed E-state index contributed by atoms with van der Waals surface area (Å²) in [4.78, 5) is 34.3. The summed E-state index contributed by atoms with van der Waals surface area (Å²) < 4.78 is 1.72. The first-order valence-corrected chi connectivity index (χ1v) is 12.0. The highest BCUT2D eigenvalue weighted by Crippen LogP contribution is 2.32. The van der Waals surface area contributed by atoms with Crippen molar-refractivity contribution in [3.8, 4) is 5.69 Å². The minimum absolute atomic E-state index is 0.0843. The number of amides is 1. The van der Waals surface area contributed by atoms with Gasteiger partial charge in [-0.3, -0.25) is 14.2 Å². The van der Waals surface area contributed by atoms with Gasteiger partial charge in [-0.15, -0.1) is 0 Å². The average molecular weight is 432 g/mol. The van der Waals surface area contributed by atoms with Gasteiger partial charge in [0, 0.05) is 12.5 Å². The second-order valence-electron chi connectivity index (χ2n) is 8.75. The number of hydrogen-bond acceptors (Lipinski definition) is 3. The third-order valence-corrected chi connectivity index (χ3v) is 6.62. The van der Waals surface area contributed by atoms with Gasteiger partial charge in [-0.05, 0) is 49.9 Å². The molecule has 0 N–H and O–H groups in total. The zero-order valence-electron chi connectivity index (χ0n) is 19.2. The fourth-order valence-electron chi connectivity index (χ4n) is 4.90. The van der Waals surface area contributed by atoms with Crippen LogP contribution in [0.15, 0.2) is 59.4 Å². The smallest absolute Gasteiger partial charge is 0.266 e. The molecule has 0 bridgehead atoms. The van der Waals surface area contributed by atoms with E-state index in [4.69, 9.17) is 4.98 Å². The summed E-state index contributed by atoms with van der Waals surface area (Å²) >= 11 is 0. The molecular weight excluding hydrogens is 398 g/mol. The van der Waals surface area contributed by atoms with Gasteiger partial charge in [-0.1, -0.05) is 63.4 Å². The fraction of sp³-hybridized carbons (Fsp3) is 0.444. The normalized spacial score (nSPS) is 15.2. The maximum atomic E-state index is 13.7. The zero-order valence-corrected chi connectivity index (χ0v) is 19.2. The molecule has 32 heavy (non-hydrogen) atoms. The Kier molecular flexibility index (Phi) is 7.03. The Balaban J connectivity index is 1.89. The molecule has 1 aliphatic rings. The van der Waals surface area contributed by atoms with Crippen LogP contribution >= 0.6 is 0 Å². The first kappa shape index (κ1) is 22.3. The van der Waals surface area contributed by atoms with E-state index in [0.717, 1.165) is 44.2 Å². The van der Waals surface area contributed by atoms with Crippen LogP contribution in [-0.4, -0.2) is 26.9 Å². The molecule has 1 heterocycles. The van der Waals surface area contributed by atoms with Crippen molar-refractivity contribution < 1.29 is 4.79 Å². The van der Waals surface area contributed by atoms with Crippen LogP contribution in [0.1, 0.15) is 70.7 Å². The zero-order chi connectivity index (χ0) is 22.5. The molecular formula is C27H33N3O2. The summed E-state index contributed by atoms with van der Waals surface area (Å²) in [5, 5.41) is 0.595. The number of aromatic nitrogens is 2. The molecule has 0 spiro atoms. The van der Waals surface area contributed by atoms with Gasteiger partial charge >= 0.3 is 0 Å². The van der Waals surface area contributed by atoms with Gasteiger partial charge in [0.05, 0.1) is 22.6 Å². The third kappa shape index (κ3) is 4.34. The largest absolute Gasteiger partial charge is 0.332 e. The van der Waals surface area contributed by atoms with E-state index in [1.54, 1.807) is 4.57 Å². The van der Waals surface area contributed by atoms with E-state index in [-0.39, 0.29) is 23.4 Å². The fourth-order valence-corrected chi connectivity index (χ4v) is 4.90. The van der Waals surface area contributed by atoms with Gasteiger partial charge in [0.2, 0.25) is 5.91 Å². The quantitative estimate of drug-likeness (QED) is 0.463. The molecule has 1 amide bonds. The molecule has 1 atom stereocenters. The van der Waals surface area contributed by atoms with E-state index in [1.165, 1.54) is 0 Å². The van der Waals surface area contributed by atoms with Crippen molar-refractivity contribution in [1.82, 2.24) is 14.5 Å². The van der Waals surface area contributed by atoms with Gasteiger partial charge in [-0.2, -0.15) is 0 Å². The van der Waals surface area contributed by atoms with Crippen molar-refractivity contribution >= 4 is 16.8 Å². The summed E-state index contributed by atoms with van der Waals surface area (Å²) in [6, 6.07) is 16.9. The maximum absolute atomic E-state index is 13.7. The number of carbonyl (C=O) groups excluding carboxylic acids is 1. The molecule has 168 valence electrons. The van der Waals surface area contributed by atoms with E-state index >= 15 is 0 Å². The number of benzene rings is 2. The molecule has 3 aromatic rings. The summed E-state index contributed by atoms with van der Waals surface area (Å²) in [7, 11) is 0. The lowest BCUT2D eigenvalue weighted by atomic mass is 10.0. The molecule has 2 aromatic carbocycles. The van der Waals surface area contributed by atoms with Crippen LogP contribution in [0.4, 0.5) is 0 Å². The molecule has 4 rings (SSSR count). The highest BCUT2D eigenvalue weighted by molar-refractivity contribution is 5.80. The van der Waals surface area contributed by atoms with E-state index in [1.807, 2.05) is 59.5 Å². The van der Waals surface area contributed by atoms with Gasteiger partial charge in [0.25, 0.3) is 5.56 Å². The number of fused-ring (bicyclic) bond motifs is 1. The number of carbonyl (C=O) groups is 1. The molecule has 5 heteroatoms. The second-order valence-corrected chi connectivity index (χ2v) is 8.75. The predicted molar refractivity (Wildman–Crippen MR) is 129 cm³/mol. The highest BCUT2D eigenvalue weighted by Gasteiger charge is 2.33. The summed E-state index contributed by atoms with van der Waals surface area (Å²) in [5.41, 5.74) is 1.38. The molecule has 0 saturated heterocycles. The second kappa shape index (κ2) is 10.1. The number of nitrogens with zero attached hydrogens (tertiary/aromatic N) is 3. The molecule has 1 aromatic heterocycles. The molecule has 1 unspecified atom stereocenters. The SMILES string of the molecule is CCCCN(C(=O)C1CCCC1)C(CC)c1nc2ccccc2c(=O)n1-c1ccccc1. The third-order valence-electron chi connectivity index (χ3n) is 6.62. The molecule has 0 aliphatic heterocycles. The lowest BCUT2D eigenvalue weighted by Gasteiger charge is -2.34. The van der Waals surface area contributed by atoms with Crippen molar-refractivity contribution in [2.45, 2.75) is 64.8 Å². The van der Waals surface area contributed by atoms with Gasteiger partial charge in [-0.25, -0.2) is 4.98 Å². The Morgan fingerprint density at radius 1 is 1.06 bits per heavy atom. The lowest BCUT2D eigenvalue weighted by Crippen LogP contribution is -2.41. The predicted octanol–water partition coefficient (Wildman–Crippen LogP) is 5.66. The first-order chi connectivity index (χ1) is 15.7. The minimum Gasteiger partial charge on any atom is -0.332 e. The molecule has 1 saturated carbocycles. The van der Waals surface area contributed by atoms with Crippen LogP contribution in [0.25, 0.3) is 16.6 Å². The van der Waals surface area contributed by atoms with Crippen LogP contribution in [0.3, 0.4) is 0 Å². The number of rotatable bonds is 8. The van der Waals surface area contributed by atoms with Crippen molar-refractivity contribution in [3.05, 3.63) is 70.8 Å². The first-order valence-electron chi connectivity index (χ1n) is 12.0.